The van der Waals surface area contributed by atoms with Crippen LogP contribution >= 0.6 is 11.8 Å². The Bertz CT molecular complexity index is 620. The minimum absolute atomic E-state index is 0.240. The lowest BCUT2D eigenvalue weighted by atomic mass is 10.0. The van der Waals surface area contributed by atoms with Gasteiger partial charge in [0.1, 0.15) is 0 Å². The molecule has 0 fully saturated rings. The van der Waals surface area contributed by atoms with E-state index in [-0.39, 0.29) is 11.2 Å². The van der Waals surface area contributed by atoms with Gasteiger partial charge in [-0.2, -0.15) is 0 Å². The van der Waals surface area contributed by atoms with Crippen molar-refractivity contribution in [1.29, 1.82) is 0 Å². The van der Waals surface area contributed by atoms with E-state index in [9.17, 15) is 9.90 Å². The minimum Gasteiger partial charge on any atom is -0.503 e. The average molecular weight is 275 g/mol. The average Bonchev–Trinajstić information content (AvgIpc) is 2.40. The van der Waals surface area contributed by atoms with E-state index in [0.29, 0.717) is 11.7 Å². The maximum Gasteiger partial charge on any atom is 0.223 e. The highest BCUT2D eigenvalue weighted by Crippen LogP contribution is 2.30. The molecule has 19 heavy (non-hydrogen) atoms. The lowest BCUT2D eigenvalue weighted by Gasteiger charge is -2.11. The molecule has 2 N–H and O–H groups in total. The molecule has 0 aliphatic carbocycles. The predicted octanol–water partition coefficient (Wildman–Crippen LogP) is 3.50. The van der Waals surface area contributed by atoms with Crippen LogP contribution < -0.4 is 5.43 Å². The summed E-state index contributed by atoms with van der Waals surface area (Å²) in [6.45, 7) is 4.34. The zero-order valence-electron chi connectivity index (χ0n) is 11.0. The van der Waals surface area contributed by atoms with Crippen molar-refractivity contribution in [2.75, 3.05) is 0 Å². The molecular weight excluding hydrogens is 258 g/mol. The molecule has 0 saturated heterocycles. The van der Waals surface area contributed by atoms with Gasteiger partial charge in [-0.1, -0.05) is 32.0 Å². The molecule has 0 radical (unpaired) electrons. The summed E-state index contributed by atoms with van der Waals surface area (Å²) in [5.74, 6) is 0.915. The van der Waals surface area contributed by atoms with E-state index in [1.807, 2.05) is 12.1 Å². The SMILES string of the molecule is CC(C)c1ccccc1SCc1cc(=O)c(O)c[nH]1. The minimum atomic E-state index is -0.341. The standard InChI is InChI=1S/C15H17NO2S/c1-10(2)12-5-3-4-6-15(12)19-9-11-7-13(17)14(18)8-16-11/h3-8,10,18H,9H2,1-2H3,(H,16,17). The summed E-state index contributed by atoms with van der Waals surface area (Å²) in [4.78, 5) is 15.5. The molecule has 0 aliphatic heterocycles. The summed E-state index contributed by atoms with van der Waals surface area (Å²) < 4.78 is 0. The smallest absolute Gasteiger partial charge is 0.223 e. The molecule has 3 nitrogen and oxygen atoms in total. The predicted molar refractivity (Wildman–Crippen MR) is 78.8 cm³/mol. The van der Waals surface area contributed by atoms with Crippen LogP contribution in [-0.2, 0) is 5.75 Å². The molecule has 0 bridgehead atoms. The van der Waals surface area contributed by atoms with E-state index in [2.05, 4.69) is 31.0 Å². The van der Waals surface area contributed by atoms with Crippen LogP contribution in [0.1, 0.15) is 31.0 Å². The van der Waals surface area contributed by atoms with Gasteiger partial charge >= 0.3 is 0 Å². The molecule has 1 aromatic carbocycles. The van der Waals surface area contributed by atoms with E-state index < -0.39 is 0 Å². The second-order valence-corrected chi connectivity index (χ2v) is 5.71. The van der Waals surface area contributed by atoms with Gasteiger partial charge in [0.05, 0.1) is 0 Å². The fourth-order valence-corrected chi connectivity index (χ4v) is 2.96. The largest absolute Gasteiger partial charge is 0.503 e. The molecule has 0 spiro atoms. The maximum atomic E-state index is 11.3. The van der Waals surface area contributed by atoms with Gasteiger partial charge in [-0.25, -0.2) is 0 Å². The number of hydrogen-bond acceptors (Lipinski definition) is 3. The summed E-state index contributed by atoms with van der Waals surface area (Å²) in [6, 6.07) is 9.74. The quantitative estimate of drug-likeness (QED) is 0.840. The molecule has 2 rings (SSSR count). The molecule has 0 amide bonds. The van der Waals surface area contributed by atoms with Crippen molar-refractivity contribution < 1.29 is 5.11 Å². The molecular formula is C15H17NO2S. The van der Waals surface area contributed by atoms with Crippen LogP contribution in [0.2, 0.25) is 0 Å². The Labute approximate surface area is 116 Å². The van der Waals surface area contributed by atoms with Crippen LogP contribution in [0.4, 0.5) is 0 Å². The Kier molecular flexibility index (Phi) is 4.32. The molecule has 2 aromatic rings. The highest BCUT2D eigenvalue weighted by Gasteiger charge is 2.07. The number of nitrogens with one attached hydrogen (secondary N) is 1. The highest BCUT2D eigenvalue weighted by molar-refractivity contribution is 7.98. The Hall–Kier alpha value is -1.68. The van der Waals surface area contributed by atoms with Crippen molar-refractivity contribution in [3.8, 4) is 5.75 Å². The topological polar surface area (TPSA) is 53.1 Å². The van der Waals surface area contributed by atoms with Crippen molar-refractivity contribution in [3.05, 3.63) is 58.0 Å². The molecule has 1 aromatic heterocycles. The molecule has 1 heterocycles. The molecule has 4 heteroatoms. The Morgan fingerprint density at radius 1 is 1.32 bits per heavy atom. The first kappa shape index (κ1) is 13.7. The van der Waals surface area contributed by atoms with E-state index >= 15 is 0 Å². The molecule has 0 atom stereocenters. The van der Waals surface area contributed by atoms with Crippen LogP contribution in [0.5, 0.6) is 5.75 Å². The van der Waals surface area contributed by atoms with Gasteiger partial charge in [-0.05, 0) is 17.5 Å². The van der Waals surface area contributed by atoms with E-state index in [0.717, 1.165) is 5.69 Å². The zero-order chi connectivity index (χ0) is 13.8. The van der Waals surface area contributed by atoms with Crippen molar-refractivity contribution in [1.82, 2.24) is 4.98 Å². The van der Waals surface area contributed by atoms with Crippen LogP contribution in [0, 0.1) is 0 Å². The van der Waals surface area contributed by atoms with Crippen LogP contribution in [0.15, 0.2) is 46.2 Å². The third-order valence-corrected chi connectivity index (χ3v) is 4.01. The number of thioether (sulfide) groups is 1. The van der Waals surface area contributed by atoms with E-state index in [1.54, 1.807) is 11.8 Å². The van der Waals surface area contributed by atoms with Crippen molar-refractivity contribution in [2.45, 2.75) is 30.4 Å². The molecule has 0 aliphatic rings. The molecule has 0 saturated carbocycles. The first-order chi connectivity index (χ1) is 9.08. The fraction of sp³-hybridized carbons (Fsp3) is 0.267. The Morgan fingerprint density at radius 3 is 2.74 bits per heavy atom. The van der Waals surface area contributed by atoms with Crippen molar-refractivity contribution >= 4 is 11.8 Å². The Morgan fingerprint density at radius 2 is 2.05 bits per heavy atom. The number of rotatable bonds is 4. The first-order valence-corrected chi connectivity index (χ1v) is 7.19. The monoisotopic (exact) mass is 275 g/mol. The number of benzene rings is 1. The van der Waals surface area contributed by atoms with E-state index in [1.165, 1.54) is 22.7 Å². The number of pyridine rings is 1. The normalized spacial score (nSPS) is 10.9. The van der Waals surface area contributed by atoms with Gasteiger partial charge < -0.3 is 10.1 Å². The summed E-state index contributed by atoms with van der Waals surface area (Å²) in [5, 5.41) is 9.20. The summed E-state index contributed by atoms with van der Waals surface area (Å²) in [6.07, 6.45) is 1.34. The number of aromatic amines is 1. The van der Waals surface area contributed by atoms with Gasteiger partial charge in [0.15, 0.2) is 5.75 Å². The molecule has 0 unspecified atom stereocenters. The maximum absolute atomic E-state index is 11.3. The summed E-state index contributed by atoms with van der Waals surface area (Å²) >= 11 is 1.69. The zero-order valence-corrected chi connectivity index (χ0v) is 11.8. The lowest BCUT2D eigenvalue weighted by molar-refractivity contribution is 0.467. The van der Waals surface area contributed by atoms with Gasteiger partial charge in [-0.15, -0.1) is 11.8 Å². The van der Waals surface area contributed by atoms with Crippen molar-refractivity contribution in [3.63, 3.8) is 0 Å². The van der Waals surface area contributed by atoms with Crippen LogP contribution in [0.3, 0.4) is 0 Å². The third-order valence-electron chi connectivity index (χ3n) is 2.88. The van der Waals surface area contributed by atoms with Crippen molar-refractivity contribution in [2.24, 2.45) is 0 Å². The van der Waals surface area contributed by atoms with Gasteiger partial charge in [0.25, 0.3) is 0 Å². The van der Waals surface area contributed by atoms with E-state index in [4.69, 9.17) is 0 Å². The van der Waals surface area contributed by atoms with Crippen LogP contribution in [-0.4, -0.2) is 10.1 Å². The summed E-state index contributed by atoms with van der Waals surface area (Å²) in [7, 11) is 0. The highest BCUT2D eigenvalue weighted by atomic mass is 32.2. The van der Waals surface area contributed by atoms with Gasteiger partial charge in [0, 0.05) is 28.6 Å². The fourth-order valence-electron chi connectivity index (χ4n) is 1.83. The number of aromatic nitrogens is 1. The van der Waals surface area contributed by atoms with Crippen LogP contribution in [0.25, 0.3) is 0 Å². The lowest BCUT2D eigenvalue weighted by Crippen LogP contribution is -2.02. The summed E-state index contributed by atoms with van der Waals surface area (Å²) in [5.41, 5.74) is 1.78. The number of hydrogen-bond donors (Lipinski definition) is 2. The molecule has 100 valence electrons. The first-order valence-electron chi connectivity index (χ1n) is 6.20. The number of H-pyrrole nitrogens is 1. The van der Waals surface area contributed by atoms with Gasteiger partial charge in [0.2, 0.25) is 5.43 Å². The van der Waals surface area contributed by atoms with Gasteiger partial charge in [-0.3, -0.25) is 4.79 Å². The second-order valence-electron chi connectivity index (χ2n) is 4.69. The Balaban J connectivity index is 2.14. The number of aromatic hydroxyl groups is 1. The third kappa shape index (κ3) is 3.41. The second kappa shape index (κ2) is 5.97.